The summed E-state index contributed by atoms with van der Waals surface area (Å²) in [5.74, 6) is -0.159. The van der Waals surface area contributed by atoms with Gasteiger partial charge in [-0.05, 0) is 30.5 Å². The number of hydrogen-bond donors (Lipinski definition) is 1. The maximum Gasteiger partial charge on any atom is 0.307 e. The smallest absolute Gasteiger partial charge is 0.307 e. The first kappa shape index (κ1) is 12.4. The topological polar surface area (TPSA) is 38.3 Å². The fourth-order valence-electron chi connectivity index (χ4n) is 1.48. The zero-order chi connectivity index (χ0) is 12.1. The van der Waals surface area contributed by atoms with Crippen molar-refractivity contribution in [3.05, 3.63) is 34.9 Å². The summed E-state index contributed by atoms with van der Waals surface area (Å²) >= 11 is 5.76. The highest BCUT2D eigenvalue weighted by molar-refractivity contribution is 6.30. The van der Waals surface area contributed by atoms with E-state index in [1.54, 1.807) is 12.1 Å². The number of benzene rings is 1. The molecule has 3 nitrogen and oxygen atoms in total. The van der Waals surface area contributed by atoms with Crippen LogP contribution in [0.25, 0.3) is 0 Å². The molecule has 0 spiro atoms. The van der Waals surface area contributed by atoms with E-state index in [1.165, 1.54) is 12.8 Å². The van der Waals surface area contributed by atoms with Crippen LogP contribution in [0.15, 0.2) is 24.3 Å². The van der Waals surface area contributed by atoms with Crippen LogP contribution >= 0.6 is 11.6 Å². The van der Waals surface area contributed by atoms with Gasteiger partial charge in [-0.3, -0.25) is 4.79 Å². The van der Waals surface area contributed by atoms with Gasteiger partial charge in [-0.25, -0.2) is 0 Å². The van der Waals surface area contributed by atoms with E-state index in [0.29, 0.717) is 30.6 Å². The number of halogens is 1. The summed E-state index contributed by atoms with van der Waals surface area (Å²) in [6.07, 6.45) is 2.91. The molecule has 0 amide bonds. The molecule has 2 rings (SSSR count). The molecule has 4 heteroatoms. The number of hydrogen-bond acceptors (Lipinski definition) is 3. The van der Waals surface area contributed by atoms with Crippen molar-refractivity contribution >= 4 is 17.6 Å². The molecule has 1 fully saturated rings. The van der Waals surface area contributed by atoms with Crippen molar-refractivity contribution in [2.24, 2.45) is 0 Å². The zero-order valence-corrected chi connectivity index (χ0v) is 10.4. The van der Waals surface area contributed by atoms with Gasteiger partial charge in [0, 0.05) is 17.6 Å². The molecule has 1 saturated carbocycles. The molecule has 0 heterocycles. The number of esters is 1. The van der Waals surface area contributed by atoms with Gasteiger partial charge in [0.15, 0.2) is 0 Å². The molecule has 0 saturated heterocycles. The summed E-state index contributed by atoms with van der Waals surface area (Å²) in [6.45, 7) is 1.03. The van der Waals surface area contributed by atoms with Crippen molar-refractivity contribution in [1.29, 1.82) is 0 Å². The highest BCUT2D eigenvalue weighted by Crippen LogP contribution is 2.18. The minimum atomic E-state index is -0.159. The Morgan fingerprint density at radius 3 is 2.71 bits per heavy atom. The average molecular weight is 254 g/mol. The average Bonchev–Trinajstić information content (AvgIpc) is 3.12. The maximum absolute atomic E-state index is 11.4. The molecule has 1 aromatic carbocycles. The molecule has 0 unspecified atom stereocenters. The van der Waals surface area contributed by atoms with E-state index in [9.17, 15) is 4.79 Å². The molecule has 0 radical (unpaired) electrons. The summed E-state index contributed by atoms with van der Waals surface area (Å²) < 4.78 is 5.15. The monoisotopic (exact) mass is 253 g/mol. The number of rotatable bonds is 6. The molecule has 1 N–H and O–H groups in total. The van der Waals surface area contributed by atoms with Crippen LogP contribution in [-0.2, 0) is 16.1 Å². The Morgan fingerprint density at radius 1 is 1.35 bits per heavy atom. The Kier molecular flexibility index (Phi) is 4.40. The van der Waals surface area contributed by atoms with Gasteiger partial charge in [0.25, 0.3) is 0 Å². The van der Waals surface area contributed by atoms with Gasteiger partial charge in [0.1, 0.15) is 6.61 Å². The van der Waals surface area contributed by atoms with Gasteiger partial charge in [0.05, 0.1) is 6.42 Å². The fourth-order valence-corrected chi connectivity index (χ4v) is 1.61. The first-order valence-corrected chi connectivity index (χ1v) is 6.25. The van der Waals surface area contributed by atoms with Crippen LogP contribution < -0.4 is 5.32 Å². The number of ether oxygens (including phenoxy) is 1. The van der Waals surface area contributed by atoms with E-state index in [1.807, 2.05) is 12.1 Å². The van der Waals surface area contributed by atoms with E-state index in [2.05, 4.69) is 5.32 Å². The fraction of sp³-hybridized carbons (Fsp3) is 0.462. The number of nitrogens with one attached hydrogen (secondary N) is 1. The van der Waals surface area contributed by atoms with E-state index in [-0.39, 0.29) is 5.97 Å². The largest absolute Gasteiger partial charge is 0.461 e. The molecule has 1 aliphatic rings. The Hall–Kier alpha value is -1.06. The predicted molar refractivity (Wildman–Crippen MR) is 66.9 cm³/mol. The first-order chi connectivity index (χ1) is 8.24. The van der Waals surface area contributed by atoms with Gasteiger partial charge in [-0.2, -0.15) is 0 Å². The number of carbonyl (C=O) groups is 1. The van der Waals surface area contributed by atoms with Gasteiger partial charge >= 0.3 is 5.97 Å². The summed E-state index contributed by atoms with van der Waals surface area (Å²) in [5.41, 5.74) is 0.956. The summed E-state index contributed by atoms with van der Waals surface area (Å²) in [7, 11) is 0. The maximum atomic E-state index is 11.4. The summed E-state index contributed by atoms with van der Waals surface area (Å²) in [6, 6.07) is 7.94. The van der Waals surface area contributed by atoms with Gasteiger partial charge in [0.2, 0.25) is 0 Å². The minimum Gasteiger partial charge on any atom is -0.461 e. The highest BCUT2D eigenvalue weighted by atomic mass is 35.5. The summed E-state index contributed by atoms with van der Waals surface area (Å²) in [5, 5.41) is 3.96. The van der Waals surface area contributed by atoms with Crippen LogP contribution in [0.5, 0.6) is 0 Å². The Balaban J connectivity index is 1.62. The van der Waals surface area contributed by atoms with Crippen molar-refractivity contribution in [3.63, 3.8) is 0 Å². The lowest BCUT2D eigenvalue weighted by molar-refractivity contribution is -0.144. The number of carbonyl (C=O) groups excluding carboxylic acids is 1. The van der Waals surface area contributed by atoms with Crippen molar-refractivity contribution in [2.75, 3.05) is 6.54 Å². The van der Waals surface area contributed by atoms with Crippen LogP contribution in [0.4, 0.5) is 0 Å². The standard InChI is InChI=1S/C13H16ClNO2/c14-11-3-1-10(2-4-11)9-17-13(16)7-8-15-12-5-6-12/h1-4,12,15H,5-9H2. The second-order valence-corrected chi connectivity index (χ2v) is 4.70. The van der Waals surface area contributed by atoms with Gasteiger partial charge in [-0.15, -0.1) is 0 Å². The second kappa shape index (κ2) is 6.03. The molecule has 17 heavy (non-hydrogen) atoms. The zero-order valence-electron chi connectivity index (χ0n) is 9.62. The van der Waals surface area contributed by atoms with Crippen molar-refractivity contribution in [2.45, 2.75) is 31.9 Å². The molecular weight excluding hydrogens is 238 g/mol. The van der Waals surface area contributed by atoms with Crippen LogP contribution in [0, 0.1) is 0 Å². The molecule has 0 atom stereocenters. The predicted octanol–water partition coefficient (Wildman–Crippen LogP) is 2.53. The first-order valence-electron chi connectivity index (χ1n) is 5.87. The van der Waals surface area contributed by atoms with Crippen molar-refractivity contribution < 1.29 is 9.53 Å². The molecular formula is C13H16ClNO2. The van der Waals surface area contributed by atoms with Crippen LogP contribution in [0.3, 0.4) is 0 Å². The third kappa shape index (κ3) is 4.75. The lowest BCUT2D eigenvalue weighted by atomic mass is 10.2. The quantitative estimate of drug-likeness (QED) is 0.792. The van der Waals surface area contributed by atoms with Crippen molar-refractivity contribution in [1.82, 2.24) is 5.32 Å². The Bertz CT molecular complexity index is 374. The van der Waals surface area contributed by atoms with Gasteiger partial charge < -0.3 is 10.1 Å². The third-order valence-corrected chi connectivity index (χ3v) is 2.90. The molecule has 1 aromatic rings. The lowest BCUT2D eigenvalue weighted by Gasteiger charge is -2.05. The van der Waals surface area contributed by atoms with Crippen LogP contribution in [0.1, 0.15) is 24.8 Å². The van der Waals surface area contributed by atoms with Crippen molar-refractivity contribution in [3.8, 4) is 0 Å². The lowest BCUT2D eigenvalue weighted by Crippen LogP contribution is -2.21. The highest BCUT2D eigenvalue weighted by Gasteiger charge is 2.20. The van der Waals surface area contributed by atoms with E-state index in [0.717, 1.165) is 5.56 Å². The molecule has 92 valence electrons. The summed E-state index contributed by atoms with van der Waals surface area (Å²) in [4.78, 5) is 11.4. The SMILES string of the molecule is O=C(CCNC1CC1)OCc1ccc(Cl)cc1. The van der Waals surface area contributed by atoms with E-state index < -0.39 is 0 Å². The van der Waals surface area contributed by atoms with Crippen LogP contribution in [0.2, 0.25) is 5.02 Å². The van der Waals surface area contributed by atoms with Crippen LogP contribution in [-0.4, -0.2) is 18.6 Å². The van der Waals surface area contributed by atoms with E-state index >= 15 is 0 Å². The Morgan fingerprint density at radius 2 is 2.06 bits per heavy atom. The minimum absolute atomic E-state index is 0.159. The molecule has 1 aliphatic carbocycles. The van der Waals surface area contributed by atoms with E-state index in [4.69, 9.17) is 16.3 Å². The Labute approximate surface area is 106 Å². The third-order valence-electron chi connectivity index (χ3n) is 2.65. The molecule has 0 bridgehead atoms. The van der Waals surface area contributed by atoms with Gasteiger partial charge in [-0.1, -0.05) is 23.7 Å². The second-order valence-electron chi connectivity index (χ2n) is 4.27. The molecule has 0 aromatic heterocycles. The molecule has 0 aliphatic heterocycles. The normalized spacial score (nSPS) is 14.6.